The summed E-state index contributed by atoms with van der Waals surface area (Å²) in [6.45, 7) is 1.95. The van der Waals surface area contributed by atoms with Gasteiger partial charge in [0.1, 0.15) is 5.82 Å². The maximum atomic E-state index is 14.2. The Balaban J connectivity index is 2.32. The molecule has 0 atom stereocenters. The Kier molecular flexibility index (Phi) is 1.76. The van der Waals surface area contributed by atoms with Crippen LogP contribution in [0.4, 0.5) is 4.39 Å². The topological polar surface area (TPSA) is 25.2 Å². The smallest absolute Gasteiger partial charge is 0.138 e. The normalized spacial score (nSPS) is 18.0. The Morgan fingerprint density at radius 3 is 2.69 bits per heavy atom. The van der Waals surface area contributed by atoms with E-state index in [4.69, 9.17) is 0 Å². The average molecular weight is 219 g/mol. The molecule has 0 aliphatic heterocycles. The van der Waals surface area contributed by atoms with Crippen LogP contribution >= 0.6 is 0 Å². The van der Waals surface area contributed by atoms with E-state index in [2.05, 4.69) is 0 Å². The molecular formula is C13H14FNO. The van der Waals surface area contributed by atoms with Crippen LogP contribution in [0.25, 0.3) is 10.9 Å². The Hall–Kier alpha value is -1.35. The summed E-state index contributed by atoms with van der Waals surface area (Å²) < 4.78 is 16.2. The zero-order valence-electron chi connectivity index (χ0n) is 9.42. The van der Waals surface area contributed by atoms with E-state index in [0.717, 1.165) is 11.2 Å². The summed E-state index contributed by atoms with van der Waals surface area (Å²) >= 11 is 0. The summed E-state index contributed by atoms with van der Waals surface area (Å²) in [7, 11) is 1.92. The average Bonchev–Trinajstić information content (AvgIpc) is 2.92. The molecule has 1 saturated carbocycles. The van der Waals surface area contributed by atoms with E-state index in [-0.39, 0.29) is 5.82 Å². The van der Waals surface area contributed by atoms with Gasteiger partial charge < -0.3 is 9.67 Å². The molecule has 2 nitrogen and oxygen atoms in total. The molecule has 0 spiro atoms. The number of aromatic nitrogens is 1. The molecule has 1 heterocycles. The van der Waals surface area contributed by atoms with Crippen LogP contribution < -0.4 is 0 Å². The molecule has 0 saturated heterocycles. The lowest BCUT2D eigenvalue weighted by Crippen LogP contribution is -2.07. The third kappa shape index (κ3) is 1.15. The van der Waals surface area contributed by atoms with Gasteiger partial charge in [0, 0.05) is 23.7 Å². The zero-order chi connectivity index (χ0) is 11.5. The standard InChI is InChI=1S/C13H14FNO/c1-8-7-9-11(15(8)2)4-3-10(12(9)14)13(16)5-6-13/h3-4,7,16H,5-6H2,1-2H3. The minimum absolute atomic E-state index is 0.263. The third-order valence-corrected chi connectivity index (χ3v) is 3.63. The van der Waals surface area contributed by atoms with Gasteiger partial charge in [0.2, 0.25) is 0 Å². The summed E-state index contributed by atoms with van der Waals surface area (Å²) in [6.07, 6.45) is 1.34. The van der Waals surface area contributed by atoms with Crippen molar-refractivity contribution >= 4 is 10.9 Å². The van der Waals surface area contributed by atoms with Gasteiger partial charge in [-0.3, -0.25) is 0 Å². The first kappa shape index (κ1) is 9.85. The second kappa shape index (κ2) is 2.86. The van der Waals surface area contributed by atoms with Crippen molar-refractivity contribution in [3.05, 3.63) is 35.3 Å². The molecule has 3 heteroatoms. The largest absolute Gasteiger partial charge is 0.385 e. The molecule has 1 aromatic heterocycles. The molecule has 1 aliphatic carbocycles. The molecule has 0 amide bonds. The first-order chi connectivity index (χ1) is 7.53. The lowest BCUT2D eigenvalue weighted by Gasteiger charge is -2.10. The fourth-order valence-corrected chi connectivity index (χ4v) is 2.26. The minimum atomic E-state index is -0.901. The van der Waals surface area contributed by atoms with E-state index in [1.165, 1.54) is 0 Å². The van der Waals surface area contributed by atoms with Crippen molar-refractivity contribution < 1.29 is 9.50 Å². The number of benzene rings is 1. The molecule has 3 rings (SSSR count). The number of rotatable bonds is 1. The molecule has 1 aromatic carbocycles. The molecule has 2 aromatic rings. The van der Waals surface area contributed by atoms with E-state index in [1.807, 2.05) is 30.7 Å². The lowest BCUT2D eigenvalue weighted by molar-refractivity contribution is 0.147. The summed E-state index contributed by atoms with van der Waals surface area (Å²) in [6, 6.07) is 5.43. The van der Waals surface area contributed by atoms with E-state index in [9.17, 15) is 9.50 Å². The van der Waals surface area contributed by atoms with Crippen LogP contribution in [-0.2, 0) is 12.6 Å². The Bertz CT molecular complexity index is 581. The van der Waals surface area contributed by atoms with Crippen molar-refractivity contribution in [3.63, 3.8) is 0 Å². The van der Waals surface area contributed by atoms with Crippen LogP contribution in [0.3, 0.4) is 0 Å². The number of aryl methyl sites for hydroxylation is 2. The highest BCUT2D eigenvalue weighted by molar-refractivity contribution is 5.83. The number of hydrogen-bond donors (Lipinski definition) is 1. The van der Waals surface area contributed by atoms with Crippen molar-refractivity contribution in [2.24, 2.45) is 7.05 Å². The Morgan fingerprint density at radius 2 is 2.06 bits per heavy atom. The van der Waals surface area contributed by atoms with Crippen LogP contribution in [0.1, 0.15) is 24.1 Å². The first-order valence-electron chi connectivity index (χ1n) is 5.50. The van der Waals surface area contributed by atoms with Crippen molar-refractivity contribution in [1.29, 1.82) is 0 Å². The molecule has 16 heavy (non-hydrogen) atoms. The predicted molar refractivity (Wildman–Crippen MR) is 60.7 cm³/mol. The van der Waals surface area contributed by atoms with Gasteiger partial charge in [0.25, 0.3) is 0 Å². The van der Waals surface area contributed by atoms with Crippen LogP contribution in [0.15, 0.2) is 18.2 Å². The van der Waals surface area contributed by atoms with Crippen molar-refractivity contribution in [2.75, 3.05) is 0 Å². The Morgan fingerprint density at radius 1 is 1.38 bits per heavy atom. The van der Waals surface area contributed by atoms with Crippen LogP contribution in [0, 0.1) is 12.7 Å². The van der Waals surface area contributed by atoms with Crippen LogP contribution in [-0.4, -0.2) is 9.67 Å². The second-order valence-corrected chi connectivity index (χ2v) is 4.74. The van der Waals surface area contributed by atoms with Gasteiger partial charge >= 0.3 is 0 Å². The Labute approximate surface area is 93.3 Å². The quantitative estimate of drug-likeness (QED) is 0.783. The van der Waals surface area contributed by atoms with E-state index >= 15 is 0 Å². The van der Waals surface area contributed by atoms with Gasteiger partial charge in [-0.2, -0.15) is 0 Å². The van der Waals surface area contributed by atoms with Gasteiger partial charge in [-0.25, -0.2) is 4.39 Å². The van der Waals surface area contributed by atoms with Gasteiger partial charge in [-0.05, 0) is 31.9 Å². The molecule has 0 radical (unpaired) electrons. The van der Waals surface area contributed by atoms with Crippen molar-refractivity contribution in [2.45, 2.75) is 25.4 Å². The fourth-order valence-electron chi connectivity index (χ4n) is 2.26. The SMILES string of the molecule is Cc1cc2c(F)c(C3(O)CC3)ccc2n1C. The monoisotopic (exact) mass is 219 g/mol. The van der Waals surface area contributed by atoms with Gasteiger partial charge in [0.15, 0.2) is 0 Å². The summed E-state index contributed by atoms with van der Waals surface area (Å²) in [5, 5.41) is 10.6. The van der Waals surface area contributed by atoms with Crippen molar-refractivity contribution in [3.8, 4) is 0 Å². The van der Waals surface area contributed by atoms with Gasteiger partial charge in [-0.1, -0.05) is 6.07 Å². The summed E-state index contributed by atoms with van der Waals surface area (Å²) in [5.74, 6) is -0.263. The highest BCUT2D eigenvalue weighted by Gasteiger charge is 2.44. The van der Waals surface area contributed by atoms with E-state index in [0.29, 0.717) is 23.8 Å². The fraction of sp³-hybridized carbons (Fsp3) is 0.385. The second-order valence-electron chi connectivity index (χ2n) is 4.74. The number of hydrogen-bond acceptors (Lipinski definition) is 1. The molecular weight excluding hydrogens is 205 g/mol. The predicted octanol–water partition coefficient (Wildman–Crippen LogP) is 2.61. The van der Waals surface area contributed by atoms with Gasteiger partial charge in [0.05, 0.1) is 11.1 Å². The van der Waals surface area contributed by atoms with Crippen LogP contribution in [0.5, 0.6) is 0 Å². The maximum absolute atomic E-state index is 14.2. The maximum Gasteiger partial charge on any atom is 0.138 e. The van der Waals surface area contributed by atoms with Crippen LogP contribution in [0.2, 0.25) is 0 Å². The zero-order valence-corrected chi connectivity index (χ0v) is 9.42. The molecule has 1 aliphatic rings. The summed E-state index contributed by atoms with van der Waals surface area (Å²) in [5.41, 5.74) is 1.45. The highest BCUT2D eigenvalue weighted by atomic mass is 19.1. The number of halogens is 1. The van der Waals surface area contributed by atoms with E-state index < -0.39 is 5.60 Å². The highest BCUT2D eigenvalue weighted by Crippen LogP contribution is 2.47. The minimum Gasteiger partial charge on any atom is -0.385 e. The lowest BCUT2D eigenvalue weighted by atomic mass is 10.0. The van der Waals surface area contributed by atoms with Gasteiger partial charge in [-0.15, -0.1) is 0 Å². The molecule has 0 unspecified atom stereocenters. The molecule has 1 N–H and O–H groups in total. The molecule has 1 fully saturated rings. The van der Waals surface area contributed by atoms with E-state index in [1.54, 1.807) is 6.07 Å². The number of nitrogens with zero attached hydrogens (tertiary/aromatic N) is 1. The van der Waals surface area contributed by atoms with Crippen molar-refractivity contribution in [1.82, 2.24) is 4.57 Å². The number of fused-ring (bicyclic) bond motifs is 1. The molecule has 0 bridgehead atoms. The summed E-state index contributed by atoms with van der Waals surface area (Å²) in [4.78, 5) is 0. The first-order valence-corrected chi connectivity index (χ1v) is 5.50. The molecule has 84 valence electrons. The third-order valence-electron chi connectivity index (χ3n) is 3.63. The number of aliphatic hydroxyl groups is 1.